The van der Waals surface area contributed by atoms with Crippen LogP contribution in [0.5, 0.6) is 0 Å². The molecule has 1 aromatic heterocycles. The van der Waals surface area contributed by atoms with Crippen molar-refractivity contribution >= 4 is 43.8 Å². The fourth-order valence-corrected chi connectivity index (χ4v) is 7.23. The van der Waals surface area contributed by atoms with Crippen molar-refractivity contribution in [1.82, 2.24) is 9.71 Å². The molecule has 8 nitrogen and oxygen atoms in total. The molecule has 0 aliphatic carbocycles. The van der Waals surface area contributed by atoms with E-state index in [-0.39, 0.29) is 10.1 Å². The molecule has 1 spiro atoms. The second kappa shape index (κ2) is 7.46. The lowest BCUT2D eigenvalue weighted by Crippen LogP contribution is -2.66. The third-order valence-corrected chi connectivity index (χ3v) is 9.19. The predicted molar refractivity (Wildman–Crippen MR) is 124 cm³/mol. The lowest BCUT2D eigenvalue weighted by Gasteiger charge is -2.53. The molecule has 0 atom stereocenters. The molecule has 168 valence electrons. The van der Waals surface area contributed by atoms with Gasteiger partial charge in [-0.25, -0.2) is 18.1 Å². The van der Waals surface area contributed by atoms with E-state index in [4.69, 9.17) is 5.73 Å². The number of carbonyl (C=O) groups excluding carboxylic acids is 1. The Bertz CT molecular complexity index is 1100. The van der Waals surface area contributed by atoms with Gasteiger partial charge in [0, 0.05) is 36.5 Å². The number of piperidine rings is 1. The van der Waals surface area contributed by atoms with Crippen molar-refractivity contribution < 1.29 is 13.2 Å². The number of thiazole rings is 1. The molecule has 0 radical (unpaired) electrons. The van der Waals surface area contributed by atoms with Crippen LogP contribution >= 0.6 is 11.3 Å². The minimum absolute atomic E-state index is 0.0342. The van der Waals surface area contributed by atoms with E-state index < -0.39 is 21.0 Å². The van der Waals surface area contributed by atoms with Crippen molar-refractivity contribution in [2.75, 3.05) is 35.2 Å². The maximum absolute atomic E-state index is 13.4. The van der Waals surface area contributed by atoms with Crippen LogP contribution in [-0.4, -0.2) is 44.5 Å². The molecule has 2 aromatic rings. The van der Waals surface area contributed by atoms with Crippen LogP contribution in [0, 0.1) is 12.3 Å². The highest BCUT2D eigenvalue weighted by molar-refractivity contribution is 7.91. The Morgan fingerprint density at radius 2 is 1.84 bits per heavy atom. The second-order valence-corrected chi connectivity index (χ2v) is 12.4. The number of nitrogen functional groups attached to an aromatic ring is 1. The number of aromatic nitrogens is 1. The number of rotatable bonds is 4. The van der Waals surface area contributed by atoms with Gasteiger partial charge in [-0.05, 0) is 64.8 Å². The highest BCUT2D eigenvalue weighted by Gasteiger charge is 2.53. The number of aryl methyl sites for hydroxylation is 1. The first kappa shape index (κ1) is 22.0. The fourth-order valence-electron chi connectivity index (χ4n) is 4.28. The first-order valence-corrected chi connectivity index (χ1v) is 12.6. The highest BCUT2D eigenvalue weighted by atomic mass is 32.2. The molecule has 31 heavy (non-hydrogen) atoms. The molecule has 3 N–H and O–H groups in total. The molecule has 2 aliphatic rings. The smallest absolute Gasteiger partial charge is 0.252 e. The minimum Gasteiger partial charge on any atom is -0.399 e. The molecule has 0 saturated carbocycles. The van der Waals surface area contributed by atoms with Gasteiger partial charge in [-0.15, -0.1) is 0 Å². The number of nitrogens with two attached hydrogens (primary N) is 1. The van der Waals surface area contributed by atoms with Gasteiger partial charge >= 0.3 is 0 Å². The summed E-state index contributed by atoms with van der Waals surface area (Å²) < 4.78 is 28.4. The number of benzene rings is 1. The zero-order valence-corrected chi connectivity index (χ0v) is 19.9. The number of nitrogens with zero attached hydrogens (tertiary/aromatic N) is 3. The molecular weight excluding hydrogens is 434 g/mol. The zero-order valence-electron chi connectivity index (χ0n) is 18.3. The average molecular weight is 464 g/mol. The topological polar surface area (TPSA) is 109 Å². The molecule has 3 heterocycles. The van der Waals surface area contributed by atoms with Crippen LogP contribution in [-0.2, 0) is 14.8 Å². The second-order valence-electron chi connectivity index (χ2n) is 9.51. The highest BCUT2D eigenvalue weighted by Crippen LogP contribution is 2.44. The van der Waals surface area contributed by atoms with Crippen LogP contribution in [0.1, 0.15) is 39.3 Å². The van der Waals surface area contributed by atoms with E-state index in [1.165, 1.54) is 0 Å². The lowest BCUT2D eigenvalue weighted by atomic mass is 9.72. The van der Waals surface area contributed by atoms with Crippen LogP contribution in [0.2, 0.25) is 0 Å². The number of carbonyl (C=O) groups is 1. The van der Waals surface area contributed by atoms with E-state index in [9.17, 15) is 13.2 Å². The molecular formula is C21H29N5O3S2. The maximum Gasteiger partial charge on any atom is 0.252 e. The summed E-state index contributed by atoms with van der Waals surface area (Å²) in [4.78, 5) is 21.8. The van der Waals surface area contributed by atoms with E-state index in [0.717, 1.165) is 29.9 Å². The molecule has 4 rings (SSSR count). The Labute approximate surface area is 187 Å². The summed E-state index contributed by atoms with van der Waals surface area (Å²) in [6.45, 7) is 8.91. The molecule has 0 bridgehead atoms. The number of hydrogen-bond acceptors (Lipinski definition) is 7. The van der Waals surface area contributed by atoms with Crippen molar-refractivity contribution in [2.24, 2.45) is 5.41 Å². The molecule has 2 aliphatic heterocycles. The predicted octanol–water partition coefficient (Wildman–Crippen LogP) is 2.74. The minimum atomic E-state index is -3.70. The van der Waals surface area contributed by atoms with Crippen molar-refractivity contribution in [1.29, 1.82) is 0 Å². The largest absolute Gasteiger partial charge is 0.399 e. The summed E-state index contributed by atoms with van der Waals surface area (Å²) in [6, 6.07) is 7.66. The molecule has 0 unspecified atom stereocenters. The molecule has 1 amide bonds. The monoisotopic (exact) mass is 463 g/mol. The van der Waals surface area contributed by atoms with E-state index in [0.29, 0.717) is 36.1 Å². The summed E-state index contributed by atoms with van der Waals surface area (Å²) in [7, 11) is -3.70. The van der Waals surface area contributed by atoms with Crippen molar-refractivity contribution in [3.05, 3.63) is 30.0 Å². The van der Waals surface area contributed by atoms with Gasteiger partial charge in [0.25, 0.3) is 10.0 Å². The quantitative estimate of drug-likeness (QED) is 0.675. The Morgan fingerprint density at radius 3 is 2.45 bits per heavy atom. The molecule has 2 fully saturated rings. The van der Waals surface area contributed by atoms with Gasteiger partial charge in [0.1, 0.15) is 0 Å². The first-order chi connectivity index (χ1) is 14.4. The van der Waals surface area contributed by atoms with Gasteiger partial charge in [0.2, 0.25) is 5.91 Å². The summed E-state index contributed by atoms with van der Waals surface area (Å²) in [5.74, 6) is 0.0342. The Hall–Kier alpha value is -2.17. The van der Waals surface area contributed by atoms with Gasteiger partial charge in [-0.3, -0.25) is 9.69 Å². The van der Waals surface area contributed by atoms with Crippen LogP contribution in [0.3, 0.4) is 0 Å². The summed E-state index contributed by atoms with van der Waals surface area (Å²) in [5.41, 5.74) is 6.91. The SMILES string of the molecule is Cc1nc(N2CCCC3(CN(c4ccc(N)cc4)C3)C2=O)sc1S(=O)(=O)NC(C)(C)C. The summed E-state index contributed by atoms with van der Waals surface area (Å²) >= 11 is 1.07. The molecule has 1 aromatic carbocycles. The van der Waals surface area contributed by atoms with Crippen LogP contribution in [0.25, 0.3) is 0 Å². The first-order valence-electron chi connectivity index (χ1n) is 10.3. The lowest BCUT2D eigenvalue weighted by molar-refractivity contribution is -0.132. The van der Waals surface area contributed by atoms with Crippen LogP contribution < -0.4 is 20.3 Å². The van der Waals surface area contributed by atoms with Crippen LogP contribution in [0.15, 0.2) is 28.5 Å². The average Bonchev–Trinajstić information content (AvgIpc) is 3.02. The van der Waals surface area contributed by atoms with Gasteiger partial charge in [0.15, 0.2) is 9.34 Å². The normalized spacial score (nSPS) is 19.0. The van der Waals surface area contributed by atoms with Gasteiger partial charge in [-0.1, -0.05) is 11.3 Å². The number of hydrogen-bond donors (Lipinski definition) is 2. The van der Waals surface area contributed by atoms with E-state index in [2.05, 4.69) is 14.6 Å². The van der Waals surface area contributed by atoms with Crippen molar-refractivity contribution in [3.63, 3.8) is 0 Å². The molecule has 10 heteroatoms. The number of nitrogens with one attached hydrogen (secondary N) is 1. The van der Waals surface area contributed by atoms with E-state index >= 15 is 0 Å². The van der Waals surface area contributed by atoms with E-state index in [1.54, 1.807) is 32.6 Å². The van der Waals surface area contributed by atoms with Gasteiger partial charge < -0.3 is 10.6 Å². The Kier molecular flexibility index (Phi) is 5.30. The third-order valence-electron chi connectivity index (χ3n) is 5.64. The van der Waals surface area contributed by atoms with Crippen LogP contribution in [0.4, 0.5) is 16.5 Å². The van der Waals surface area contributed by atoms with E-state index in [1.807, 2.05) is 24.3 Å². The van der Waals surface area contributed by atoms with Gasteiger partial charge in [-0.2, -0.15) is 0 Å². The Morgan fingerprint density at radius 1 is 1.19 bits per heavy atom. The molecule has 2 saturated heterocycles. The number of sulfonamides is 1. The fraction of sp³-hybridized carbons (Fsp3) is 0.524. The number of anilines is 3. The number of amides is 1. The standard InChI is InChI=1S/C21H29N5O3S2/c1-14-17(31(28,29)24-20(2,3)4)30-19(23-14)26-11-5-10-21(18(26)27)12-25(13-21)16-8-6-15(22)7-9-16/h6-9,24H,5,10-13,22H2,1-4H3. The Balaban J connectivity index is 1.54. The maximum atomic E-state index is 13.4. The summed E-state index contributed by atoms with van der Waals surface area (Å²) in [5, 5.41) is 0.460. The summed E-state index contributed by atoms with van der Waals surface area (Å²) in [6.07, 6.45) is 1.69. The van der Waals surface area contributed by atoms with Crippen molar-refractivity contribution in [2.45, 2.75) is 50.3 Å². The third kappa shape index (κ3) is 4.16. The van der Waals surface area contributed by atoms with Gasteiger partial charge in [0.05, 0.1) is 11.1 Å². The zero-order chi connectivity index (χ0) is 22.6. The van der Waals surface area contributed by atoms with Crippen molar-refractivity contribution in [3.8, 4) is 0 Å².